The largest absolute Gasteiger partial charge is 0.477 e. The molecule has 126 valence electrons. The second-order valence-electron chi connectivity index (χ2n) is 4.19. The summed E-state index contributed by atoms with van der Waals surface area (Å²) >= 11 is 0. The van der Waals surface area contributed by atoms with Gasteiger partial charge in [-0.3, -0.25) is 0 Å². The highest BCUT2D eigenvalue weighted by atomic mass is 16.7. The molecule has 0 aliphatic carbocycles. The Labute approximate surface area is 126 Å². The van der Waals surface area contributed by atoms with Crippen LogP contribution >= 0.6 is 0 Å². The Hall–Kier alpha value is -0.730. The second-order valence-corrected chi connectivity index (χ2v) is 4.19. The molecule has 7 heteroatoms. The molecule has 0 aliphatic heterocycles. The second kappa shape index (κ2) is 15.7. The van der Waals surface area contributed by atoms with Crippen LogP contribution in [0.15, 0.2) is 0 Å². The first-order chi connectivity index (χ1) is 10.2. The average Bonchev–Trinajstić information content (AvgIpc) is 2.47. The minimum absolute atomic E-state index is 0.169. The van der Waals surface area contributed by atoms with Crippen molar-refractivity contribution in [2.24, 2.45) is 0 Å². The molecule has 0 heterocycles. The van der Waals surface area contributed by atoms with Gasteiger partial charge in [-0.05, 0) is 13.3 Å². The molecule has 0 spiro atoms. The number of carboxylic acid groups (broad SMARTS) is 1. The predicted octanol–water partition coefficient (Wildman–Crippen LogP) is 1.30. The third-order valence-electron chi connectivity index (χ3n) is 2.41. The third kappa shape index (κ3) is 14.0. The van der Waals surface area contributed by atoms with Gasteiger partial charge in [0.15, 0.2) is 0 Å². The monoisotopic (exact) mass is 308 g/mol. The van der Waals surface area contributed by atoms with Crippen molar-refractivity contribution >= 4 is 5.97 Å². The molecule has 0 aliphatic rings. The summed E-state index contributed by atoms with van der Waals surface area (Å²) in [7, 11) is 0. The van der Waals surface area contributed by atoms with Crippen LogP contribution in [0.2, 0.25) is 0 Å². The summed E-state index contributed by atoms with van der Waals surface area (Å²) in [6.07, 6.45) is 0.532. The molecule has 0 aromatic rings. The molecule has 0 rings (SSSR count). The van der Waals surface area contributed by atoms with Gasteiger partial charge >= 0.3 is 5.97 Å². The van der Waals surface area contributed by atoms with Crippen molar-refractivity contribution in [1.29, 1.82) is 0 Å². The summed E-state index contributed by atoms with van der Waals surface area (Å²) < 4.78 is 25.8. The van der Waals surface area contributed by atoms with Crippen LogP contribution in [0.5, 0.6) is 0 Å². The highest BCUT2D eigenvalue weighted by molar-refractivity contribution is 5.70. The number of carbonyl (C=O) groups is 1. The van der Waals surface area contributed by atoms with E-state index >= 15 is 0 Å². The molecule has 0 aromatic heterocycles. The molecular formula is C14H28O7. The molecule has 21 heavy (non-hydrogen) atoms. The first-order valence-electron chi connectivity index (χ1n) is 7.41. The van der Waals surface area contributed by atoms with E-state index in [0.29, 0.717) is 46.2 Å². The van der Waals surface area contributed by atoms with Gasteiger partial charge in [0.2, 0.25) is 0 Å². The zero-order chi connectivity index (χ0) is 15.8. The van der Waals surface area contributed by atoms with Crippen molar-refractivity contribution in [2.75, 3.05) is 52.9 Å². The van der Waals surface area contributed by atoms with Crippen molar-refractivity contribution in [2.45, 2.75) is 33.0 Å². The number of ether oxygens (including phenoxy) is 5. The Kier molecular flexibility index (Phi) is 15.1. The van der Waals surface area contributed by atoms with Crippen molar-refractivity contribution in [3.63, 3.8) is 0 Å². The molecule has 0 fully saturated rings. The number of hydrogen-bond acceptors (Lipinski definition) is 6. The van der Waals surface area contributed by atoms with Crippen molar-refractivity contribution in [1.82, 2.24) is 0 Å². The lowest BCUT2D eigenvalue weighted by molar-refractivity contribution is -0.192. The van der Waals surface area contributed by atoms with Crippen LogP contribution in [0.3, 0.4) is 0 Å². The van der Waals surface area contributed by atoms with E-state index in [2.05, 4.69) is 0 Å². The number of hydrogen-bond donors (Lipinski definition) is 1. The minimum atomic E-state index is -1.22. The summed E-state index contributed by atoms with van der Waals surface area (Å²) in [6, 6.07) is 0. The topological polar surface area (TPSA) is 83.5 Å². The normalized spacial score (nSPS) is 12.5. The van der Waals surface area contributed by atoms with E-state index in [-0.39, 0.29) is 6.61 Å². The fourth-order valence-electron chi connectivity index (χ4n) is 1.32. The Balaban J connectivity index is 3.39. The predicted molar refractivity (Wildman–Crippen MR) is 76.4 cm³/mol. The molecule has 1 atom stereocenters. The van der Waals surface area contributed by atoms with E-state index in [4.69, 9.17) is 28.8 Å². The standard InChI is InChI=1S/C14H28O7/c1-3-5-6-20-14(13(15)16)21-12-11-19-10-9-18-8-7-17-4-2/h14H,3-12H2,1-2H3,(H,15,16). The van der Waals surface area contributed by atoms with Crippen LogP contribution in [0.25, 0.3) is 0 Å². The lowest BCUT2D eigenvalue weighted by Crippen LogP contribution is -2.29. The maximum Gasteiger partial charge on any atom is 0.361 e. The van der Waals surface area contributed by atoms with Crippen LogP contribution in [0.4, 0.5) is 0 Å². The minimum Gasteiger partial charge on any atom is -0.477 e. The first kappa shape index (κ1) is 20.3. The number of aliphatic carboxylic acids is 1. The van der Waals surface area contributed by atoms with Gasteiger partial charge in [-0.2, -0.15) is 0 Å². The van der Waals surface area contributed by atoms with Crippen molar-refractivity contribution in [3.8, 4) is 0 Å². The Morgan fingerprint density at radius 2 is 1.38 bits per heavy atom. The van der Waals surface area contributed by atoms with Crippen LogP contribution in [-0.2, 0) is 28.5 Å². The fraction of sp³-hybridized carbons (Fsp3) is 0.929. The Morgan fingerprint density at radius 1 is 0.857 bits per heavy atom. The molecule has 0 aromatic carbocycles. The summed E-state index contributed by atoms with van der Waals surface area (Å²) in [6.45, 7) is 7.49. The SMILES string of the molecule is CCCCOC(OCCOCCOCCOCC)C(=O)O. The maximum absolute atomic E-state index is 10.9. The van der Waals surface area contributed by atoms with E-state index in [1.165, 1.54) is 0 Å². The van der Waals surface area contributed by atoms with Gasteiger partial charge in [0.05, 0.1) is 46.2 Å². The molecule has 0 radical (unpaired) electrons. The molecular weight excluding hydrogens is 280 g/mol. The highest BCUT2D eigenvalue weighted by Gasteiger charge is 2.17. The van der Waals surface area contributed by atoms with Crippen molar-refractivity contribution in [3.05, 3.63) is 0 Å². The van der Waals surface area contributed by atoms with Gasteiger partial charge in [0, 0.05) is 6.61 Å². The third-order valence-corrected chi connectivity index (χ3v) is 2.41. The van der Waals surface area contributed by atoms with Crippen LogP contribution in [0, 0.1) is 0 Å². The summed E-state index contributed by atoms with van der Waals surface area (Å²) in [5, 5.41) is 8.89. The Morgan fingerprint density at radius 3 is 1.90 bits per heavy atom. The van der Waals surface area contributed by atoms with Gasteiger partial charge in [-0.25, -0.2) is 4.79 Å². The number of rotatable bonds is 16. The van der Waals surface area contributed by atoms with Crippen LogP contribution < -0.4 is 0 Å². The summed E-state index contributed by atoms with van der Waals surface area (Å²) in [5.41, 5.74) is 0. The first-order valence-corrected chi connectivity index (χ1v) is 7.41. The van der Waals surface area contributed by atoms with Gasteiger partial charge in [-0.1, -0.05) is 13.3 Å². The van der Waals surface area contributed by atoms with Gasteiger partial charge in [0.1, 0.15) is 0 Å². The van der Waals surface area contributed by atoms with Gasteiger partial charge in [-0.15, -0.1) is 0 Å². The Bertz CT molecular complexity index is 235. The maximum atomic E-state index is 10.9. The zero-order valence-corrected chi connectivity index (χ0v) is 13.0. The summed E-state index contributed by atoms with van der Waals surface area (Å²) in [4.78, 5) is 10.9. The van der Waals surface area contributed by atoms with E-state index in [1.54, 1.807) is 0 Å². The zero-order valence-electron chi connectivity index (χ0n) is 13.0. The quantitative estimate of drug-likeness (QED) is 0.340. The molecule has 7 nitrogen and oxygen atoms in total. The fourth-order valence-corrected chi connectivity index (χ4v) is 1.32. The smallest absolute Gasteiger partial charge is 0.361 e. The lowest BCUT2D eigenvalue weighted by Gasteiger charge is -2.14. The molecule has 0 bridgehead atoms. The van der Waals surface area contributed by atoms with E-state index < -0.39 is 12.3 Å². The number of carboxylic acids is 1. The highest BCUT2D eigenvalue weighted by Crippen LogP contribution is 1.98. The van der Waals surface area contributed by atoms with Crippen LogP contribution in [0.1, 0.15) is 26.7 Å². The van der Waals surface area contributed by atoms with Gasteiger partial charge < -0.3 is 28.8 Å². The molecule has 0 saturated heterocycles. The summed E-state index contributed by atoms with van der Waals surface area (Å²) in [5.74, 6) is -1.12. The molecule has 0 amide bonds. The number of unbranched alkanes of at least 4 members (excludes halogenated alkanes) is 1. The van der Waals surface area contributed by atoms with E-state index in [9.17, 15) is 4.79 Å². The van der Waals surface area contributed by atoms with E-state index in [0.717, 1.165) is 12.8 Å². The molecule has 1 N–H and O–H groups in total. The van der Waals surface area contributed by atoms with Crippen molar-refractivity contribution < 1.29 is 33.6 Å². The molecule has 0 saturated carbocycles. The van der Waals surface area contributed by atoms with E-state index in [1.807, 2.05) is 13.8 Å². The van der Waals surface area contributed by atoms with Gasteiger partial charge in [0.25, 0.3) is 6.29 Å². The lowest BCUT2D eigenvalue weighted by atomic mass is 10.4. The average molecular weight is 308 g/mol. The molecule has 1 unspecified atom stereocenters. The van der Waals surface area contributed by atoms with Crippen LogP contribution in [-0.4, -0.2) is 70.2 Å².